The smallest absolute Gasteiger partial charge is 0.261 e. The first kappa shape index (κ1) is 14.3. The molecule has 0 bridgehead atoms. The van der Waals surface area contributed by atoms with E-state index in [1.54, 1.807) is 16.0 Å². The first-order valence-electron chi connectivity index (χ1n) is 7.49. The van der Waals surface area contributed by atoms with E-state index in [0.29, 0.717) is 6.54 Å². The zero-order chi connectivity index (χ0) is 14.8. The van der Waals surface area contributed by atoms with Crippen LogP contribution in [0.15, 0.2) is 18.5 Å². The third-order valence-corrected chi connectivity index (χ3v) is 5.25. The summed E-state index contributed by atoms with van der Waals surface area (Å²) in [6.07, 6.45) is 8.14. The molecule has 0 aliphatic heterocycles. The van der Waals surface area contributed by atoms with E-state index in [4.69, 9.17) is 0 Å². The second-order valence-corrected chi connectivity index (χ2v) is 7.07. The summed E-state index contributed by atoms with van der Waals surface area (Å²) in [6, 6.07) is 2.09. The van der Waals surface area contributed by atoms with Gasteiger partial charge < -0.3 is 5.32 Å². The van der Waals surface area contributed by atoms with Gasteiger partial charge in [-0.05, 0) is 48.8 Å². The Morgan fingerprint density at radius 2 is 2.43 bits per heavy atom. The molecule has 4 nitrogen and oxygen atoms in total. The van der Waals surface area contributed by atoms with E-state index in [-0.39, 0.29) is 5.91 Å². The van der Waals surface area contributed by atoms with Crippen LogP contribution >= 0.6 is 11.3 Å². The predicted molar refractivity (Wildman–Crippen MR) is 84.8 cm³/mol. The molecule has 1 amide bonds. The number of carbonyl (C=O) groups is 1. The number of carbonyl (C=O) groups excluding carboxylic acids is 1. The van der Waals surface area contributed by atoms with Gasteiger partial charge in [0.1, 0.15) is 0 Å². The highest BCUT2D eigenvalue weighted by molar-refractivity contribution is 7.14. The average molecular weight is 303 g/mol. The summed E-state index contributed by atoms with van der Waals surface area (Å²) < 4.78 is 1.78. The molecule has 5 heteroatoms. The Labute approximate surface area is 129 Å². The number of rotatable bonds is 4. The van der Waals surface area contributed by atoms with Crippen molar-refractivity contribution >= 4 is 17.2 Å². The monoisotopic (exact) mass is 303 g/mol. The molecule has 2 heterocycles. The fourth-order valence-corrected chi connectivity index (χ4v) is 3.95. The molecule has 2 aromatic heterocycles. The van der Waals surface area contributed by atoms with Gasteiger partial charge in [-0.25, -0.2) is 0 Å². The van der Waals surface area contributed by atoms with Gasteiger partial charge in [-0.2, -0.15) is 5.10 Å². The SMILES string of the molecule is C[C@@H]1CCc2sc(C(=O)NCCc3cnn(C)c3)cc2C1. The normalized spacial score (nSPS) is 17.5. The summed E-state index contributed by atoms with van der Waals surface area (Å²) in [5.41, 5.74) is 2.54. The third kappa shape index (κ3) is 3.35. The zero-order valence-electron chi connectivity index (χ0n) is 12.6. The molecular formula is C16H21N3OS. The summed E-state index contributed by atoms with van der Waals surface area (Å²) in [6.45, 7) is 2.94. The van der Waals surface area contributed by atoms with Crippen LogP contribution in [0.25, 0.3) is 0 Å². The number of nitrogens with zero attached hydrogens (tertiary/aromatic N) is 2. The maximum absolute atomic E-state index is 12.2. The second-order valence-electron chi connectivity index (χ2n) is 5.94. The summed E-state index contributed by atoms with van der Waals surface area (Å²) in [5.74, 6) is 0.805. The minimum atomic E-state index is 0.0611. The van der Waals surface area contributed by atoms with Gasteiger partial charge in [0.05, 0.1) is 11.1 Å². The van der Waals surface area contributed by atoms with E-state index in [1.165, 1.54) is 16.9 Å². The number of thiophene rings is 1. The Morgan fingerprint density at radius 3 is 3.19 bits per heavy atom. The lowest BCUT2D eigenvalue weighted by molar-refractivity contribution is 0.0958. The van der Waals surface area contributed by atoms with E-state index < -0.39 is 0 Å². The van der Waals surface area contributed by atoms with E-state index in [0.717, 1.165) is 35.6 Å². The molecule has 1 N–H and O–H groups in total. The lowest BCUT2D eigenvalue weighted by atomic mass is 9.90. The molecule has 1 atom stereocenters. The van der Waals surface area contributed by atoms with Crippen LogP contribution in [-0.2, 0) is 26.3 Å². The number of amides is 1. The van der Waals surface area contributed by atoms with E-state index in [1.807, 2.05) is 19.4 Å². The van der Waals surface area contributed by atoms with Crippen LogP contribution in [0.3, 0.4) is 0 Å². The maximum Gasteiger partial charge on any atom is 0.261 e. The van der Waals surface area contributed by atoms with Crippen molar-refractivity contribution in [2.45, 2.75) is 32.6 Å². The van der Waals surface area contributed by atoms with Crippen molar-refractivity contribution in [3.8, 4) is 0 Å². The molecule has 0 radical (unpaired) electrons. The summed E-state index contributed by atoms with van der Waals surface area (Å²) in [5, 5.41) is 7.14. The van der Waals surface area contributed by atoms with Crippen molar-refractivity contribution in [2.75, 3.05) is 6.54 Å². The third-order valence-electron chi connectivity index (χ3n) is 4.01. The van der Waals surface area contributed by atoms with E-state index in [9.17, 15) is 4.79 Å². The summed E-state index contributed by atoms with van der Waals surface area (Å²) in [4.78, 5) is 14.5. The molecule has 3 rings (SSSR count). The zero-order valence-corrected chi connectivity index (χ0v) is 13.4. The molecule has 1 aliphatic rings. The van der Waals surface area contributed by atoms with Crippen LogP contribution < -0.4 is 5.32 Å². The van der Waals surface area contributed by atoms with Crippen molar-refractivity contribution in [3.63, 3.8) is 0 Å². The van der Waals surface area contributed by atoms with E-state index >= 15 is 0 Å². The Kier molecular flexibility index (Phi) is 4.10. The topological polar surface area (TPSA) is 46.9 Å². The van der Waals surface area contributed by atoms with E-state index in [2.05, 4.69) is 23.4 Å². The highest BCUT2D eigenvalue weighted by atomic mass is 32.1. The highest BCUT2D eigenvalue weighted by Gasteiger charge is 2.20. The quantitative estimate of drug-likeness (QED) is 0.943. The van der Waals surface area contributed by atoms with Crippen LogP contribution in [0, 0.1) is 5.92 Å². The lowest BCUT2D eigenvalue weighted by Crippen LogP contribution is -2.24. The Morgan fingerprint density at radius 1 is 1.57 bits per heavy atom. The minimum absolute atomic E-state index is 0.0611. The molecule has 0 saturated heterocycles. The van der Waals surface area contributed by atoms with Gasteiger partial charge in [0, 0.05) is 24.7 Å². The molecule has 0 spiro atoms. The van der Waals surface area contributed by atoms with Gasteiger partial charge in [0.15, 0.2) is 0 Å². The largest absolute Gasteiger partial charge is 0.351 e. The van der Waals surface area contributed by atoms with Gasteiger partial charge in [-0.15, -0.1) is 11.3 Å². The molecule has 1 aliphatic carbocycles. The molecule has 0 aromatic carbocycles. The first-order chi connectivity index (χ1) is 10.1. The Hall–Kier alpha value is -1.62. The number of aryl methyl sites for hydroxylation is 2. The van der Waals surface area contributed by atoms with Gasteiger partial charge in [-0.1, -0.05) is 6.92 Å². The second kappa shape index (κ2) is 6.02. The Balaban J connectivity index is 1.56. The number of hydrogen-bond acceptors (Lipinski definition) is 3. The fraction of sp³-hybridized carbons (Fsp3) is 0.500. The van der Waals surface area contributed by atoms with Crippen LogP contribution in [0.2, 0.25) is 0 Å². The maximum atomic E-state index is 12.2. The first-order valence-corrected chi connectivity index (χ1v) is 8.31. The lowest BCUT2D eigenvalue weighted by Gasteiger charge is -2.16. The minimum Gasteiger partial charge on any atom is -0.351 e. The van der Waals surface area contributed by atoms with Crippen molar-refractivity contribution in [1.29, 1.82) is 0 Å². The van der Waals surface area contributed by atoms with Crippen LogP contribution in [0.4, 0.5) is 0 Å². The van der Waals surface area contributed by atoms with Gasteiger partial charge in [-0.3, -0.25) is 9.48 Å². The number of fused-ring (bicyclic) bond motifs is 1. The molecular weight excluding hydrogens is 282 g/mol. The average Bonchev–Trinajstić information content (AvgIpc) is 3.04. The van der Waals surface area contributed by atoms with Crippen molar-refractivity contribution in [3.05, 3.63) is 39.3 Å². The van der Waals surface area contributed by atoms with Crippen molar-refractivity contribution < 1.29 is 4.79 Å². The molecule has 0 saturated carbocycles. The van der Waals surface area contributed by atoms with Crippen LogP contribution in [0.5, 0.6) is 0 Å². The molecule has 112 valence electrons. The number of aromatic nitrogens is 2. The fourth-order valence-electron chi connectivity index (χ4n) is 2.83. The molecule has 21 heavy (non-hydrogen) atoms. The number of nitrogens with one attached hydrogen (secondary N) is 1. The molecule has 2 aromatic rings. The highest BCUT2D eigenvalue weighted by Crippen LogP contribution is 2.32. The standard InChI is InChI=1S/C16H21N3OS/c1-11-3-4-14-13(7-11)8-15(21-14)16(20)17-6-5-12-9-18-19(2)10-12/h8-11H,3-7H2,1-2H3,(H,17,20)/t11-/m1/s1. The van der Waals surface area contributed by atoms with Gasteiger partial charge in [0.25, 0.3) is 5.91 Å². The predicted octanol–water partition coefficient (Wildman–Crippen LogP) is 2.58. The Bertz CT molecular complexity index is 644. The summed E-state index contributed by atoms with van der Waals surface area (Å²) >= 11 is 1.67. The number of hydrogen-bond donors (Lipinski definition) is 1. The summed E-state index contributed by atoms with van der Waals surface area (Å²) in [7, 11) is 1.90. The van der Waals surface area contributed by atoms with Crippen LogP contribution in [0.1, 0.15) is 39.0 Å². The van der Waals surface area contributed by atoms with Gasteiger partial charge >= 0.3 is 0 Å². The van der Waals surface area contributed by atoms with Gasteiger partial charge in [0.2, 0.25) is 0 Å². The molecule has 0 unspecified atom stereocenters. The van der Waals surface area contributed by atoms with Crippen LogP contribution in [-0.4, -0.2) is 22.2 Å². The van der Waals surface area contributed by atoms with Crippen molar-refractivity contribution in [2.24, 2.45) is 13.0 Å². The van der Waals surface area contributed by atoms with Crippen molar-refractivity contribution in [1.82, 2.24) is 15.1 Å². The molecule has 0 fully saturated rings.